The maximum atomic E-state index is 13.0. The zero-order valence-corrected chi connectivity index (χ0v) is 15.4. The fourth-order valence-electron chi connectivity index (χ4n) is 2.91. The molecule has 0 aliphatic carbocycles. The highest BCUT2D eigenvalue weighted by atomic mass is 19.4. The summed E-state index contributed by atoms with van der Waals surface area (Å²) in [6, 6.07) is 21.7. The zero-order valence-electron chi connectivity index (χ0n) is 15.4. The zero-order chi connectivity index (χ0) is 20.7. The van der Waals surface area contributed by atoms with Gasteiger partial charge >= 0.3 is 6.18 Å². The van der Waals surface area contributed by atoms with E-state index in [-0.39, 0.29) is 18.3 Å². The van der Waals surface area contributed by atoms with Crippen molar-refractivity contribution in [1.82, 2.24) is 10.3 Å². The Kier molecular flexibility index (Phi) is 6.49. The first kappa shape index (κ1) is 20.4. The molecule has 0 atom stereocenters. The van der Waals surface area contributed by atoms with Gasteiger partial charge in [0.2, 0.25) is 11.8 Å². The number of halogens is 3. The Hall–Kier alpha value is -3.35. The van der Waals surface area contributed by atoms with Crippen molar-refractivity contribution in [1.29, 1.82) is 0 Å². The summed E-state index contributed by atoms with van der Waals surface area (Å²) in [5.74, 6) is -0.970. The summed E-state index contributed by atoms with van der Waals surface area (Å²) in [6.45, 7) is -1.45. The Morgan fingerprint density at radius 2 is 1.52 bits per heavy atom. The first-order valence-corrected chi connectivity index (χ1v) is 8.95. The van der Waals surface area contributed by atoms with Gasteiger partial charge in [0.1, 0.15) is 0 Å². The standard InChI is InChI=1S/C22H19F3N2O2/c23-22(24,25)15-29-21-18(12-7-13-26-21)14-27-20(28)19(16-8-3-1-4-9-16)17-10-5-2-6-11-17/h1-13,19H,14-15H2,(H,27,28). The minimum Gasteiger partial charge on any atom is -0.468 e. The molecule has 0 spiro atoms. The molecule has 1 heterocycles. The summed E-state index contributed by atoms with van der Waals surface area (Å²) in [7, 11) is 0. The Labute approximate surface area is 166 Å². The number of nitrogens with zero attached hydrogens (tertiary/aromatic N) is 1. The van der Waals surface area contributed by atoms with Gasteiger partial charge in [-0.05, 0) is 17.2 Å². The molecule has 0 saturated heterocycles. The number of alkyl halides is 3. The molecule has 0 saturated carbocycles. The fraction of sp³-hybridized carbons (Fsp3) is 0.182. The van der Waals surface area contributed by atoms with E-state index in [4.69, 9.17) is 4.74 Å². The fourth-order valence-corrected chi connectivity index (χ4v) is 2.91. The predicted octanol–water partition coefficient (Wildman–Crippen LogP) is 4.47. The number of amides is 1. The predicted molar refractivity (Wildman–Crippen MR) is 102 cm³/mol. The number of hydrogen-bond donors (Lipinski definition) is 1. The number of benzene rings is 2. The van der Waals surface area contributed by atoms with Gasteiger partial charge in [-0.2, -0.15) is 13.2 Å². The second-order valence-electron chi connectivity index (χ2n) is 6.34. The molecule has 0 unspecified atom stereocenters. The molecule has 0 fully saturated rings. The van der Waals surface area contributed by atoms with Crippen LogP contribution in [0.15, 0.2) is 79.0 Å². The van der Waals surface area contributed by atoms with Crippen molar-refractivity contribution >= 4 is 5.91 Å². The van der Waals surface area contributed by atoms with Gasteiger partial charge in [-0.3, -0.25) is 4.79 Å². The van der Waals surface area contributed by atoms with Crippen LogP contribution in [0.2, 0.25) is 0 Å². The Bertz CT molecular complexity index is 892. The topological polar surface area (TPSA) is 51.2 Å². The van der Waals surface area contributed by atoms with Crippen LogP contribution >= 0.6 is 0 Å². The first-order valence-electron chi connectivity index (χ1n) is 8.95. The van der Waals surface area contributed by atoms with Crippen molar-refractivity contribution in [3.05, 3.63) is 95.7 Å². The quantitative estimate of drug-likeness (QED) is 0.637. The third-order valence-corrected chi connectivity index (χ3v) is 4.20. The molecule has 0 bridgehead atoms. The summed E-state index contributed by atoms with van der Waals surface area (Å²) in [5, 5.41) is 2.79. The molecule has 1 aromatic heterocycles. The average Bonchev–Trinajstić information content (AvgIpc) is 2.72. The van der Waals surface area contributed by atoms with E-state index in [2.05, 4.69) is 10.3 Å². The van der Waals surface area contributed by atoms with E-state index in [0.717, 1.165) is 11.1 Å². The molecule has 3 aromatic rings. The molecule has 1 amide bonds. The summed E-state index contributed by atoms with van der Waals surface area (Å²) >= 11 is 0. The maximum absolute atomic E-state index is 13.0. The molecule has 3 rings (SSSR count). The molecule has 4 nitrogen and oxygen atoms in total. The highest BCUT2D eigenvalue weighted by molar-refractivity contribution is 5.87. The SMILES string of the molecule is O=C(NCc1cccnc1OCC(F)(F)F)C(c1ccccc1)c1ccccc1. The second kappa shape index (κ2) is 9.23. The van der Waals surface area contributed by atoms with Crippen LogP contribution in [0.25, 0.3) is 0 Å². The van der Waals surface area contributed by atoms with E-state index in [1.165, 1.54) is 6.20 Å². The van der Waals surface area contributed by atoms with Crippen molar-refractivity contribution in [2.75, 3.05) is 6.61 Å². The van der Waals surface area contributed by atoms with Gasteiger partial charge in [0.15, 0.2) is 6.61 Å². The minimum absolute atomic E-state index is 0.00394. The van der Waals surface area contributed by atoms with E-state index in [0.29, 0.717) is 5.56 Å². The molecular formula is C22H19F3N2O2. The number of ether oxygens (including phenoxy) is 1. The van der Waals surface area contributed by atoms with E-state index in [1.54, 1.807) is 12.1 Å². The Morgan fingerprint density at radius 1 is 0.931 bits per heavy atom. The van der Waals surface area contributed by atoms with Gasteiger partial charge in [-0.25, -0.2) is 4.98 Å². The first-order chi connectivity index (χ1) is 13.9. The van der Waals surface area contributed by atoms with E-state index >= 15 is 0 Å². The van der Waals surface area contributed by atoms with Crippen LogP contribution < -0.4 is 10.1 Å². The highest BCUT2D eigenvalue weighted by Crippen LogP contribution is 2.25. The van der Waals surface area contributed by atoms with Crippen LogP contribution in [0.1, 0.15) is 22.6 Å². The smallest absolute Gasteiger partial charge is 0.422 e. The lowest BCUT2D eigenvalue weighted by Gasteiger charge is -2.18. The molecule has 29 heavy (non-hydrogen) atoms. The number of aromatic nitrogens is 1. The van der Waals surface area contributed by atoms with Gasteiger partial charge in [0.05, 0.1) is 5.92 Å². The summed E-state index contributed by atoms with van der Waals surface area (Å²) in [5.41, 5.74) is 2.00. The largest absolute Gasteiger partial charge is 0.468 e. The molecule has 1 N–H and O–H groups in total. The molecule has 0 aliphatic heterocycles. The van der Waals surface area contributed by atoms with Gasteiger partial charge in [-0.1, -0.05) is 66.7 Å². The number of nitrogens with one attached hydrogen (secondary N) is 1. The molecule has 2 aromatic carbocycles. The van der Waals surface area contributed by atoms with Crippen LogP contribution in [-0.4, -0.2) is 23.7 Å². The van der Waals surface area contributed by atoms with Crippen molar-refractivity contribution in [3.63, 3.8) is 0 Å². The van der Waals surface area contributed by atoms with Crippen LogP contribution in [0, 0.1) is 0 Å². The van der Waals surface area contributed by atoms with E-state index < -0.39 is 18.7 Å². The van der Waals surface area contributed by atoms with Crippen LogP contribution in [0.4, 0.5) is 13.2 Å². The Morgan fingerprint density at radius 3 is 2.07 bits per heavy atom. The Balaban J connectivity index is 1.76. The molecular weight excluding hydrogens is 381 g/mol. The number of rotatable bonds is 7. The number of pyridine rings is 1. The third kappa shape index (κ3) is 5.81. The summed E-state index contributed by atoms with van der Waals surface area (Å²) in [4.78, 5) is 16.8. The number of hydrogen-bond acceptors (Lipinski definition) is 3. The molecule has 7 heteroatoms. The van der Waals surface area contributed by atoms with E-state index in [1.807, 2.05) is 60.7 Å². The second-order valence-corrected chi connectivity index (χ2v) is 6.34. The lowest BCUT2D eigenvalue weighted by molar-refractivity contribution is -0.154. The van der Waals surface area contributed by atoms with Crippen LogP contribution in [0.3, 0.4) is 0 Å². The van der Waals surface area contributed by atoms with Crippen LogP contribution in [-0.2, 0) is 11.3 Å². The number of carbonyl (C=O) groups is 1. The average molecular weight is 400 g/mol. The van der Waals surface area contributed by atoms with Gasteiger partial charge < -0.3 is 10.1 Å². The van der Waals surface area contributed by atoms with E-state index in [9.17, 15) is 18.0 Å². The van der Waals surface area contributed by atoms with Crippen molar-refractivity contribution in [2.45, 2.75) is 18.6 Å². The normalized spacial score (nSPS) is 11.3. The highest BCUT2D eigenvalue weighted by Gasteiger charge is 2.29. The summed E-state index contributed by atoms with van der Waals surface area (Å²) in [6.07, 6.45) is -3.13. The monoisotopic (exact) mass is 400 g/mol. The lowest BCUT2D eigenvalue weighted by atomic mass is 9.90. The minimum atomic E-state index is -4.47. The van der Waals surface area contributed by atoms with Gasteiger partial charge in [-0.15, -0.1) is 0 Å². The third-order valence-electron chi connectivity index (χ3n) is 4.20. The molecule has 0 aliphatic rings. The molecule has 150 valence electrons. The number of carbonyl (C=O) groups excluding carboxylic acids is 1. The maximum Gasteiger partial charge on any atom is 0.422 e. The lowest BCUT2D eigenvalue weighted by Crippen LogP contribution is -2.30. The van der Waals surface area contributed by atoms with Crippen molar-refractivity contribution < 1.29 is 22.7 Å². The van der Waals surface area contributed by atoms with Crippen molar-refractivity contribution in [3.8, 4) is 5.88 Å². The van der Waals surface area contributed by atoms with Crippen LogP contribution in [0.5, 0.6) is 5.88 Å². The van der Waals surface area contributed by atoms with Gasteiger partial charge in [0, 0.05) is 18.3 Å². The molecule has 0 radical (unpaired) electrons. The summed E-state index contributed by atoms with van der Waals surface area (Å²) < 4.78 is 42.1. The van der Waals surface area contributed by atoms with Crippen molar-refractivity contribution in [2.24, 2.45) is 0 Å². The van der Waals surface area contributed by atoms with Gasteiger partial charge in [0.25, 0.3) is 0 Å².